The van der Waals surface area contributed by atoms with Gasteiger partial charge in [-0.05, 0) is 17.5 Å². The van der Waals surface area contributed by atoms with Crippen LogP contribution >= 0.6 is 12.4 Å². The average molecular weight is 303 g/mol. The van der Waals surface area contributed by atoms with E-state index in [4.69, 9.17) is 0 Å². The van der Waals surface area contributed by atoms with E-state index >= 15 is 0 Å². The van der Waals surface area contributed by atoms with Crippen molar-refractivity contribution < 1.29 is 4.79 Å². The zero-order valence-electron chi connectivity index (χ0n) is 11.9. The number of carbonyl (C=O) groups is 1. The van der Waals surface area contributed by atoms with Crippen molar-refractivity contribution >= 4 is 18.3 Å². The van der Waals surface area contributed by atoms with Crippen molar-refractivity contribution in [1.82, 2.24) is 10.2 Å². The molecule has 1 aliphatic rings. The Hall–Kier alpha value is -1.84. The summed E-state index contributed by atoms with van der Waals surface area (Å²) in [6, 6.07) is 20.1. The molecule has 3 rings (SSSR count). The molecule has 2 unspecified atom stereocenters. The molecule has 0 spiro atoms. The Morgan fingerprint density at radius 3 is 2.19 bits per heavy atom. The predicted molar refractivity (Wildman–Crippen MR) is 86.3 cm³/mol. The summed E-state index contributed by atoms with van der Waals surface area (Å²) in [4.78, 5) is 14.2. The van der Waals surface area contributed by atoms with Gasteiger partial charge in [0.05, 0.1) is 6.04 Å². The molecule has 0 saturated carbocycles. The van der Waals surface area contributed by atoms with Crippen LogP contribution in [0.1, 0.15) is 17.3 Å². The Balaban J connectivity index is 0.00000161. The molecule has 4 heteroatoms. The molecule has 1 amide bonds. The Morgan fingerprint density at radius 2 is 1.57 bits per heavy atom. The Bertz CT molecular complexity index is 588. The highest BCUT2D eigenvalue weighted by Crippen LogP contribution is 2.24. The van der Waals surface area contributed by atoms with Gasteiger partial charge in [-0.15, -0.1) is 12.4 Å². The topological polar surface area (TPSA) is 32.3 Å². The molecule has 0 aliphatic carbocycles. The first kappa shape index (κ1) is 15.5. The van der Waals surface area contributed by atoms with Crippen LogP contribution in [-0.4, -0.2) is 23.9 Å². The maximum Gasteiger partial charge on any atom is 0.241 e. The van der Waals surface area contributed by atoms with Gasteiger partial charge in [-0.1, -0.05) is 60.7 Å². The van der Waals surface area contributed by atoms with Crippen LogP contribution in [0.5, 0.6) is 0 Å². The Labute approximate surface area is 131 Å². The van der Waals surface area contributed by atoms with Crippen molar-refractivity contribution in [2.45, 2.75) is 18.6 Å². The number of amides is 1. The number of carbonyl (C=O) groups excluding carboxylic acids is 1. The first-order valence-electron chi connectivity index (χ1n) is 6.87. The maximum atomic E-state index is 12.4. The van der Waals surface area contributed by atoms with E-state index < -0.39 is 0 Å². The van der Waals surface area contributed by atoms with Gasteiger partial charge < -0.3 is 4.90 Å². The molecule has 110 valence electrons. The molecule has 1 saturated heterocycles. The van der Waals surface area contributed by atoms with E-state index in [1.54, 1.807) is 4.90 Å². The summed E-state index contributed by atoms with van der Waals surface area (Å²) in [6.07, 6.45) is 0.699. The summed E-state index contributed by atoms with van der Waals surface area (Å²) in [7, 11) is 1.86. The van der Waals surface area contributed by atoms with Crippen LogP contribution in [0.15, 0.2) is 60.7 Å². The summed E-state index contributed by atoms with van der Waals surface area (Å²) in [5, 5.41) is 3.43. The van der Waals surface area contributed by atoms with Crippen molar-refractivity contribution in [1.29, 1.82) is 0 Å². The first-order chi connectivity index (χ1) is 9.75. The Kier molecular flexibility index (Phi) is 4.99. The highest BCUT2D eigenvalue weighted by Gasteiger charge is 2.36. The number of likely N-dealkylation sites (N-methyl/N-ethyl adjacent to an activating group) is 1. The van der Waals surface area contributed by atoms with Gasteiger partial charge in [0.25, 0.3) is 0 Å². The fourth-order valence-corrected chi connectivity index (χ4v) is 2.70. The smallest absolute Gasteiger partial charge is 0.241 e. The van der Waals surface area contributed by atoms with Crippen molar-refractivity contribution in [2.75, 3.05) is 7.05 Å². The van der Waals surface area contributed by atoms with Crippen LogP contribution in [0.2, 0.25) is 0 Å². The van der Waals surface area contributed by atoms with Crippen molar-refractivity contribution in [3.05, 3.63) is 71.8 Å². The number of benzene rings is 2. The minimum atomic E-state index is -0.146. The molecule has 1 heterocycles. The second-order valence-electron chi connectivity index (χ2n) is 5.17. The van der Waals surface area contributed by atoms with Gasteiger partial charge in [-0.25, -0.2) is 0 Å². The minimum absolute atomic E-state index is 0. The largest absolute Gasteiger partial charge is 0.325 e. The lowest BCUT2D eigenvalue weighted by atomic mass is 10.1. The molecule has 2 atom stereocenters. The lowest BCUT2D eigenvalue weighted by Gasteiger charge is -2.19. The SMILES string of the molecule is CN1C(=O)C(Cc2ccccc2)NC1c1ccccc1.Cl. The third-order valence-corrected chi connectivity index (χ3v) is 3.79. The number of hydrogen-bond acceptors (Lipinski definition) is 2. The summed E-state index contributed by atoms with van der Waals surface area (Å²) < 4.78 is 0. The van der Waals surface area contributed by atoms with Crippen molar-refractivity contribution in [2.24, 2.45) is 0 Å². The van der Waals surface area contributed by atoms with Gasteiger partial charge >= 0.3 is 0 Å². The predicted octanol–water partition coefficient (Wildman–Crippen LogP) is 2.78. The molecule has 1 N–H and O–H groups in total. The van der Waals surface area contributed by atoms with E-state index in [1.807, 2.05) is 55.6 Å². The van der Waals surface area contributed by atoms with Gasteiger partial charge in [-0.3, -0.25) is 10.1 Å². The number of nitrogens with one attached hydrogen (secondary N) is 1. The molecule has 0 aromatic heterocycles. The van der Waals surface area contributed by atoms with E-state index in [2.05, 4.69) is 17.4 Å². The van der Waals surface area contributed by atoms with E-state index in [0.717, 1.165) is 12.0 Å². The fraction of sp³-hybridized carbons (Fsp3) is 0.235. The van der Waals surface area contributed by atoms with E-state index in [1.165, 1.54) is 5.56 Å². The molecule has 2 aromatic carbocycles. The molecule has 1 aliphatic heterocycles. The molecule has 0 bridgehead atoms. The summed E-state index contributed by atoms with van der Waals surface area (Å²) in [6.45, 7) is 0. The zero-order chi connectivity index (χ0) is 13.9. The number of halogens is 1. The van der Waals surface area contributed by atoms with Crippen molar-refractivity contribution in [3.8, 4) is 0 Å². The van der Waals surface area contributed by atoms with E-state index in [-0.39, 0.29) is 30.5 Å². The quantitative estimate of drug-likeness (QED) is 0.945. The molecule has 21 heavy (non-hydrogen) atoms. The second kappa shape index (κ2) is 6.74. The molecular weight excluding hydrogens is 284 g/mol. The maximum absolute atomic E-state index is 12.4. The third kappa shape index (κ3) is 3.26. The van der Waals surface area contributed by atoms with Gasteiger partial charge in [0, 0.05) is 7.05 Å². The van der Waals surface area contributed by atoms with E-state index in [9.17, 15) is 4.79 Å². The molecule has 3 nitrogen and oxygen atoms in total. The standard InChI is InChI=1S/C17H18N2O.ClH/c1-19-16(14-10-6-3-7-11-14)18-15(17(19)20)12-13-8-4-2-5-9-13;/h2-11,15-16,18H,12H2,1H3;1H. The number of rotatable bonds is 3. The summed E-state index contributed by atoms with van der Waals surface area (Å²) >= 11 is 0. The van der Waals surface area contributed by atoms with Crippen LogP contribution < -0.4 is 5.32 Å². The van der Waals surface area contributed by atoms with Crippen molar-refractivity contribution in [3.63, 3.8) is 0 Å². The minimum Gasteiger partial charge on any atom is -0.325 e. The normalized spacial score (nSPS) is 21.2. The summed E-state index contributed by atoms with van der Waals surface area (Å²) in [5.74, 6) is 0.155. The van der Waals surface area contributed by atoms with Gasteiger partial charge in [0.2, 0.25) is 5.91 Å². The second-order valence-corrected chi connectivity index (χ2v) is 5.17. The zero-order valence-corrected chi connectivity index (χ0v) is 12.7. The Morgan fingerprint density at radius 1 is 1.00 bits per heavy atom. The fourth-order valence-electron chi connectivity index (χ4n) is 2.70. The van der Waals surface area contributed by atoms with Crippen LogP contribution in [0.25, 0.3) is 0 Å². The molecule has 0 radical (unpaired) electrons. The molecule has 2 aromatic rings. The lowest BCUT2D eigenvalue weighted by molar-refractivity contribution is -0.128. The third-order valence-electron chi connectivity index (χ3n) is 3.79. The molecular formula is C17H19ClN2O. The average Bonchev–Trinajstić information content (AvgIpc) is 2.78. The number of hydrogen-bond donors (Lipinski definition) is 1. The molecule has 1 fully saturated rings. The summed E-state index contributed by atoms with van der Waals surface area (Å²) in [5.41, 5.74) is 2.30. The van der Waals surface area contributed by atoms with Crippen LogP contribution in [0, 0.1) is 0 Å². The monoisotopic (exact) mass is 302 g/mol. The van der Waals surface area contributed by atoms with Crippen LogP contribution in [0.3, 0.4) is 0 Å². The van der Waals surface area contributed by atoms with Gasteiger partial charge in [0.15, 0.2) is 0 Å². The highest BCUT2D eigenvalue weighted by molar-refractivity contribution is 5.85. The van der Waals surface area contributed by atoms with E-state index in [0.29, 0.717) is 0 Å². The first-order valence-corrected chi connectivity index (χ1v) is 6.87. The van der Waals surface area contributed by atoms with Crippen LogP contribution in [-0.2, 0) is 11.2 Å². The van der Waals surface area contributed by atoms with Gasteiger partial charge in [0.1, 0.15) is 6.17 Å². The number of nitrogens with zero attached hydrogens (tertiary/aromatic N) is 1. The van der Waals surface area contributed by atoms with Crippen LogP contribution in [0.4, 0.5) is 0 Å². The van der Waals surface area contributed by atoms with Gasteiger partial charge in [-0.2, -0.15) is 0 Å². The lowest BCUT2D eigenvalue weighted by Crippen LogP contribution is -2.31. The highest BCUT2D eigenvalue weighted by atomic mass is 35.5.